The Morgan fingerprint density at radius 3 is 3.05 bits per heavy atom. The van der Waals surface area contributed by atoms with Crippen LogP contribution in [0.5, 0.6) is 5.75 Å². The van der Waals surface area contributed by atoms with Crippen LogP contribution in [0, 0.1) is 5.92 Å². The molecule has 0 heterocycles. The maximum atomic E-state index is 11.6. The van der Waals surface area contributed by atoms with E-state index in [1.165, 1.54) is 5.56 Å². The van der Waals surface area contributed by atoms with E-state index < -0.39 is 6.10 Å². The molecule has 110 valence electrons. The average Bonchev–Trinajstić information content (AvgIpc) is 2.43. The van der Waals surface area contributed by atoms with Crippen molar-refractivity contribution in [1.29, 1.82) is 0 Å². The second-order valence-electron chi connectivity index (χ2n) is 5.76. The number of rotatable bonds is 5. The topological polar surface area (TPSA) is 58.6 Å². The van der Waals surface area contributed by atoms with E-state index in [4.69, 9.17) is 4.74 Å². The van der Waals surface area contributed by atoms with E-state index in [9.17, 15) is 9.90 Å². The van der Waals surface area contributed by atoms with Crippen LogP contribution in [0.15, 0.2) is 18.2 Å². The fourth-order valence-corrected chi connectivity index (χ4v) is 2.36. The molecule has 0 unspecified atom stereocenters. The molecule has 1 atom stereocenters. The Labute approximate surface area is 120 Å². The Bertz CT molecular complexity index is 471. The van der Waals surface area contributed by atoms with Crippen LogP contribution in [0.4, 0.5) is 0 Å². The summed E-state index contributed by atoms with van der Waals surface area (Å²) in [5.74, 6) is 0.958. The minimum atomic E-state index is -0.405. The minimum absolute atomic E-state index is 0.0155. The molecular weight excluding hydrogens is 254 g/mol. The van der Waals surface area contributed by atoms with Gasteiger partial charge in [0.15, 0.2) is 6.61 Å². The molecule has 1 aromatic rings. The summed E-state index contributed by atoms with van der Waals surface area (Å²) in [7, 11) is 0. The number of aliphatic hydroxyl groups excluding tert-OH is 1. The molecule has 0 aromatic heterocycles. The molecule has 0 aliphatic heterocycles. The van der Waals surface area contributed by atoms with Gasteiger partial charge in [0.25, 0.3) is 5.91 Å². The van der Waals surface area contributed by atoms with Crippen LogP contribution in [0.1, 0.15) is 43.9 Å². The van der Waals surface area contributed by atoms with E-state index >= 15 is 0 Å². The Kier molecular flexibility index (Phi) is 5.01. The molecule has 0 radical (unpaired) electrons. The fraction of sp³-hybridized carbons (Fsp3) is 0.562. The molecule has 0 fully saturated rings. The Balaban J connectivity index is 1.90. The highest BCUT2D eigenvalue weighted by Gasteiger charge is 2.18. The number of hydrogen-bond donors (Lipinski definition) is 2. The minimum Gasteiger partial charge on any atom is -0.484 e. The summed E-state index contributed by atoms with van der Waals surface area (Å²) in [5, 5.41) is 12.8. The van der Waals surface area contributed by atoms with Crippen LogP contribution in [-0.2, 0) is 11.2 Å². The maximum absolute atomic E-state index is 11.6. The summed E-state index contributed by atoms with van der Waals surface area (Å²) in [6.45, 7) is 4.77. The molecule has 4 heteroatoms. The van der Waals surface area contributed by atoms with Gasteiger partial charge in [0.1, 0.15) is 5.75 Å². The second-order valence-corrected chi connectivity index (χ2v) is 5.76. The smallest absolute Gasteiger partial charge is 0.257 e. The summed E-state index contributed by atoms with van der Waals surface area (Å²) < 4.78 is 5.49. The summed E-state index contributed by atoms with van der Waals surface area (Å²) in [6, 6.07) is 5.71. The first-order chi connectivity index (χ1) is 9.56. The molecule has 1 aromatic carbocycles. The molecule has 2 rings (SSSR count). The first kappa shape index (κ1) is 14.9. The van der Waals surface area contributed by atoms with Crippen molar-refractivity contribution >= 4 is 5.91 Å². The predicted octanol–water partition coefficient (Wildman–Crippen LogP) is 2.21. The normalized spacial score (nSPS) is 17.7. The Morgan fingerprint density at radius 2 is 2.30 bits per heavy atom. The first-order valence-corrected chi connectivity index (χ1v) is 7.26. The SMILES string of the molecule is CC(C)CNC(=O)COc1ccc2c(c1)[C@@H](O)CCC2. The van der Waals surface area contributed by atoms with Crippen molar-refractivity contribution < 1.29 is 14.6 Å². The van der Waals surface area contributed by atoms with Gasteiger partial charge in [-0.25, -0.2) is 0 Å². The van der Waals surface area contributed by atoms with E-state index in [-0.39, 0.29) is 12.5 Å². The second kappa shape index (κ2) is 6.75. The molecule has 0 saturated carbocycles. The lowest BCUT2D eigenvalue weighted by Gasteiger charge is -2.21. The molecule has 0 bridgehead atoms. The lowest BCUT2D eigenvalue weighted by atomic mass is 9.89. The fourth-order valence-electron chi connectivity index (χ4n) is 2.36. The zero-order chi connectivity index (χ0) is 14.5. The number of aryl methyl sites for hydroxylation is 1. The van der Waals surface area contributed by atoms with E-state index in [1.54, 1.807) is 0 Å². The van der Waals surface area contributed by atoms with Crippen LogP contribution in [0.25, 0.3) is 0 Å². The monoisotopic (exact) mass is 277 g/mol. The quantitative estimate of drug-likeness (QED) is 0.867. The number of carbonyl (C=O) groups excluding carboxylic acids is 1. The molecule has 2 N–H and O–H groups in total. The van der Waals surface area contributed by atoms with Gasteiger partial charge in [-0.2, -0.15) is 0 Å². The van der Waals surface area contributed by atoms with E-state index in [2.05, 4.69) is 5.32 Å². The lowest BCUT2D eigenvalue weighted by Crippen LogP contribution is -2.31. The zero-order valence-corrected chi connectivity index (χ0v) is 12.2. The van der Waals surface area contributed by atoms with Gasteiger partial charge in [0.2, 0.25) is 0 Å². The third kappa shape index (κ3) is 3.97. The van der Waals surface area contributed by atoms with Crippen molar-refractivity contribution in [3.05, 3.63) is 29.3 Å². The number of fused-ring (bicyclic) bond motifs is 1. The van der Waals surface area contributed by atoms with Gasteiger partial charge in [-0.1, -0.05) is 19.9 Å². The van der Waals surface area contributed by atoms with Crippen molar-refractivity contribution in [1.82, 2.24) is 5.32 Å². The number of amides is 1. The lowest BCUT2D eigenvalue weighted by molar-refractivity contribution is -0.123. The Hall–Kier alpha value is -1.55. The molecule has 20 heavy (non-hydrogen) atoms. The summed E-state index contributed by atoms with van der Waals surface area (Å²) in [4.78, 5) is 11.6. The molecule has 1 amide bonds. The number of aliphatic hydroxyl groups is 1. The number of carbonyl (C=O) groups is 1. The van der Waals surface area contributed by atoms with Gasteiger partial charge < -0.3 is 15.2 Å². The van der Waals surface area contributed by atoms with E-state index in [1.807, 2.05) is 32.0 Å². The van der Waals surface area contributed by atoms with Gasteiger partial charge in [-0.3, -0.25) is 4.79 Å². The molecule has 4 nitrogen and oxygen atoms in total. The van der Waals surface area contributed by atoms with Gasteiger partial charge >= 0.3 is 0 Å². The number of nitrogens with one attached hydrogen (secondary N) is 1. The van der Waals surface area contributed by atoms with Crippen LogP contribution in [-0.4, -0.2) is 24.2 Å². The number of ether oxygens (including phenoxy) is 1. The highest BCUT2D eigenvalue weighted by Crippen LogP contribution is 2.32. The van der Waals surface area contributed by atoms with E-state index in [0.717, 1.165) is 24.8 Å². The maximum Gasteiger partial charge on any atom is 0.257 e. The van der Waals surface area contributed by atoms with Crippen molar-refractivity contribution in [2.75, 3.05) is 13.2 Å². The molecular formula is C16H23NO3. The van der Waals surface area contributed by atoms with Gasteiger partial charge in [-0.15, -0.1) is 0 Å². The third-order valence-electron chi connectivity index (χ3n) is 3.48. The Morgan fingerprint density at radius 1 is 1.50 bits per heavy atom. The average molecular weight is 277 g/mol. The largest absolute Gasteiger partial charge is 0.484 e. The molecule has 1 aliphatic rings. The van der Waals surface area contributed by atoms with Crippen molar-refractivity contribution in [2.24, 2.45) is 5.92 Å². The molecule has 1 aliphatic carbocycles. The highest BCUT2D eigenvalue weighted by molar-refractivity contribution is 5.77. The molecule has 0 saturated heterocycles. The number of benzene rings is 1. The summed E-state index contributed by atoms with van der Waals surface area (Å²) >= 11 is 0. The standard InChI is InChI=1S/C16H23NO3/c1-11(2)9-17-16(19)10-20-13-7-6-12-4-3-5-15(18)14(12)8-13/h6-8,11,15,18H,3-5,9-10H2,1-2H3,(H,17,19)/t15-/m0/s1. The van der Waals surface area contributed by atoms with E-state index in [0.29, 0.717) is 18.2 Å². The first-order valence-electron chi connectivity index (χ1n) is 7.26. The van der Waals surface area contributed by atoms with Crippen molar-refractivity contribution in [2.45, 2.75) is 39.2 Å². The van der Waals surface area contributed by atoms with Crippen LogP contribution >= 0.6 is 0 Å². The van der Waals surface area contributed by atoms with Crippen LogP contribution in [0.3, 0.4) is 0 Å². The number of hydrogen-bond acceptors (Lipinski definition) is 3. The van der Waals surface area contributed by atoms with Crippen molar-refractivity contribution in [3.8, 4) is 5.75 Å². The van der Waals surface area contributed by atoms with Crippen molar-refractivity contribution in [3.63, 3.8) is 0 Å². The third-order valence-corrected chi connectivity index (χ3v) is 3.48. The summed E-state index contributed by atoms with van der Waals surface area (Å²) in [6.07, 6.45) is 2.41. The zero-order valence-electron chi connectivity index (χ0n) is 12.2. The predicted molar refractivity (Wildman–Crippen MR) is 77.7 cm³/mol. The van der Waals surface area contributed by atoms with Gasteiger partial charge in [-0.05, 0) is 48.4 Å². The summed E-state index contributed by atoms with van der Waals surface area (Å²) in [5.41, 5.74) is 2.12. The van der Waals surface area contributed by atoms with Crippen LogP contribution in [0.2, 0.25) is 0 Å². The van der Waals surface area contributed by atoms with Gasteiger partial charge in [0, 0.05) is 6.54 Å². The van der Waals surface area contributed by atoms with Gasteiger partial charge in [0.05, 0.1) is 6.10 Å². The molecule has 0 spiro atoms. The van der Waals surface area contributed by atoms with Crippen LogP contribution < -0.4 is 10.1 Å². The highest BCUT2D eigenvalue weighted by atomic mass is 16.5.